The van der Waals surface area contributed by atoms with E-state index in [1.54, 1.807) is 51.1 Å². The number of benzene rings is 2. The Labute approximate surface area is 268 Å². The van der Waals surface area contributed by atoms with Crippen LogP contribution >= 0.6 is 24.0 Å². The van der Waals surface area contributed by atoms with E-state index < -0.39 is 11.7 Å². The van der Waals surface area contributed by atoms with Crippen molar-refractivity contribution in [2.75, 3.05) is 46.1 Å². The van der Waals surface area contributed by atoms with Crippen molar-refractivity contribution in [3.8, 4) is 0 Å². The second-order valence-corrected chi connectivity index (χ2v) is 10.8. The number of halogens is 2. The molecule has 11 heteroatoms. The molecule has 0 saturated heterocycles. The summed E-state index contributed by atoms with van der Waals surface area (Å²) in [6.45, 7) is 13.2. The molecule has 0 radical (unpaired) electrons. The molecule has 2 aliphatic rings. The molecule has 2 aromatic carbocycles. The van der Waals surface area contributed by atoms with E-state index in [4.69, 9.17) is 30.9 Å². The predicted octanol–water partition coefficient (Wildman–Crippen LogP) is 7.04. The second kappa shape index (κ2) is 22.1. The molecular formula is C32H50Cl2N2O7. The van der Waals surface area contributed by atoms with E-state index in [1.807, 2.05) is 20.8 Å². The van der Waals surface area contributed by atoms with Gasteiger partial charge in [-0.25, -0.2) is 4.79 Å². The average Bonchev–Trinajstić information content (AvgIpc) is 2.92. The summed E-state index contributed by atoms with van der Waals surface area (Å²) in [7, 11) is 0. The lowest BCUT2D eigenvalue weighted by Gasteiger charge is -2.27. The van der Waals surface area contributed by atoms with E-state index in [0.29, 0.717) is 59.9 Å². The molecule has 0 spiro atoms. The van der Waals surface area contributed by atoms with Crippen molar-refractivity contribution < 1.29 is 33.7 Å². The first-order chi connectivity index (χ1) is 20.1. The molecule has 3 amide bonds. The van der Waals surface area contributed by atoms with Crippen LogP contribution in [0.2, 0.25) is 5.02 Å². The first kappa shape index (κ1) is 40.6. The van der Waals surface area contributed by atoms with Crippen LogP contribution in [0.25, 0.3) is 10.8 Å². The fraction of sp³-hybridized carbons (Fsp3) is 0.594. The van der Waals surface area contributed by atoms with E-state index in [9.17, 15) is 14.4 Å². The van der Waals surface area contributed by atoms with Crippen LogP contribution in [0, 0.1) is 0 Å². The molecule has 2 N–H and O–H groups in total. The molecular weight excluding hydrogens is 595 g/mol. The summed E-state index contributed by atoms with van der Waals surface area (Å²) in [6.07, 6.45) is 6.38. The lowest BCUT2D eigenvalue weighted by molar-refractivity contribution is 0.0310. The Morgan fingerprint density at radius 1 is 0.930 bits per heavy atom. The lowest BCUT2D eigenvalue weighted by atomic mass is 9.94. The Bertz CT molecular complexity index is 1090. The normalized spacial score (nSPS) is 13.2. The van der Waals surface area contributed by atoms with Gasteiger partial charge in [0.25, 0.3) is 11.8 Å². The number of rotatable bonds is 10. The number of nitrogens with zero attached hydrogens (tertiary/aromatic N) is 1. The molecule has 1 heterocycles. The summed E-state index contributed by atoms with van der Waals surface area (Å²) in [5, 5.41) is 12.3. The monoisotopic (exact) mass is 644 g/mol. The fourth-order valence-corrected chi connectivity index (χ4v) is 3.80. The SMILES string of the molecule is C1CCC1.CC.CC(C)(C)OC(=O)NCCOCCOCCN1C(=O)c2cccc3c(Cl)ccc(c23)C1=O.CCCO.Cl. The van der Waals surface area contributed by atoms with Crippen LogP contribution in [0.4, 0.5) is 4.79 Å². The molecule has 2 aromatic rings. The van der Waals surface area contributed by atoms with Gasteiger partial charge in [-0.2, -0.15) is 0 Å². The number of hydrogen-bond acceptors (Lipinski definition) is 7. The van der Waals surface area contributed by atoms with E-state index in [0.717, 1.165) is 6.42 Å². The molecule has 1 aliphatic carbocycles. The molecule has 244 valence electrons. The van der Waals surface area contributed by atoms with Gasteiger partial charge < -0.3 is 24.6 Å². The minimum absolute atomic E-state index is 0. The number of nitrogens with one attached hydrogen (secondary N) is 1. The number of aliphatic hydroxyl groups is 1. The highest BCUT2D eigenvalue weighted by Crippen LogP contribution is 2.33. The first-order valence-corrected chi connectivity index (χ1v) is 15.3. The second-order valence-electron chi connectivity index (χ2n) is 10.4. The van der Waals surface area contributed by atoms with Crippen LogP contribution in [-0.2, 0) is 14.2 Å². The molecule has 9 nitrogen and oxygen atoms in total. The van der Waals surface area contributed by atoms with Gasteiger partial charge in [0.2, 0.25) is 0 Å². The number of aliphatic hydroxyl groups excluding tert-OH is 1. The highest BCUT2D eigenvalue weighted by Gasteiger charge is 2.32. The third-order valence-electron chi connectivity index (χ3n) is 5.91. The summed E-state index contributed by atoms with van der Waals surface area (Å²) < 4.78 is 16.0. The molecule has 1 aliphatic heterocycles. The van der Waals surface area contributed by atoms with Crippen LogP contribution in [0.3, 0.4) is 0 Å². The fourth-order valence-electron chi connectivity index (χ4n) is 3.58. The number of carbonyl (C=O) groups is 3. The van der Waals surface area contributed by atoms with Crippen LogP contribution in [0.15, 0.2) is 30.3 Å². The number of carbonyl (C=O) groups excluding carboxylic acids is 3. The molecule has 43 heavy (non-hydrogen) atoms. The zero-order valence-corrected chi connectivity index (χ0v) is 28.1. The summed E-state index contributed by atoms with van der Waals surface area (Å²) in [5.41, 5.74) is 0.373. The van der Waals surface area contributed by atoms with E-state index in [1.165, 1.54) is 30.6 Å². The van der Waals surface area contributed by atoms with Crippen molar-refractivity contribution in [3.05, 3.63) is 46.5 Å². The van der Waals surface area contributed by atoms with Crippen LogP contribution < -0.4 is 5.32 Å². The number of imide groups is 1. The van der Waals surface area contributed by atoms with Crippen LogP contribution in [-0.4, -0.2) is 79.6 Å². The molecule has 0 atom stereocenters. The maximum atomic E-state index is 12.8. The maximum Gasteiger partial charge on any atom is 0.407 e. The summed E-state index contributed by atoms with van der Waals surface area (Å²) in [4.78, 5) is 38.4. The van der Waals surface area contributed by atoms with E-state index in [2.05, 4.69) is 5.32 Å². The largest absolute Gasteiger partial charge is 0.444 e. The highest BCUT2D eigenvalue weighted by atomic mass is 35.5. The Balaban J connectivity index is 0.00000138. The predicted molar refractivity (Wildman–Crippen MR) is 175 cm³/mol. The number of amides is 3. The highest BCUT2D eigenvalue weighted by molar-refractivity contribution is 6.38. The Morgan fingerprint density at radius 2 is 1.47 bits per heavy atom. The summed E-state index contributed by atoms with van der Waals surface area (Å²) >= 11 is 6.22. The van der Waals surface area contributed by atoms with Gasteiger partial charge in [0, 0.05) is 40.1 Å². The van der Waals surface area contributed by atoms with Crippen molar-refractivity contribution in [1.29, 1.82) is 0 Å². The van der Waals surface area contributed by atoms with Crippen LogP contribution in [0.1, 0.15) is 94.4 Å². The van der Waals surface area contributed by atoms with Gasteiger partial charge in [-0.15, -0.1) is 12.4 Å². The van der Waals surface area contributed by atoms with Gasteiger partial charge in [-0.3, -0.25) is 14.5 Å². The van der Waals surface area contributed by atoms with Gasteiger partial charge in [0.15, 0.2) is 0 Å². The molecule has 0 unspecified atom stereocenters. The third-order valence-corrected chi connectivity index (χ3v) is 6.24. The molecule has 0 aromatic heterocycles. The summed E-state index contributed by atoms with van der Waals surface area (Å²) in [6, 6.07) is 8.57. The van der Waals surface area contributed by atoms with Crippen molar-refractivity contribution in [2.24, 2.45) is 0 Å². The standard InChI is InChI=1S/C23H27ClN2O6.C4H8.C3H8O.C2H6.ClH/c1-23(2,3)32-22(29)25-9-11-30-13-14-31-12-10-26-20(27)16-6-4-5-15-18(24)8-7-17(19(15)16)21(26)28;1-2-4-3-1;1-2-3-4;1-2;/h4-8H,9-14H2,1-3H3,(H,25,29);1-4H2;4H,2-3H2,1H3;1-2H3;1H. The minimum Gasteiger partial charge on any atom is -0.444 e. The quantitative estimate of drug-likeness (QED) is 0.210. The van der Waals surface area contributed by atoms with Crippen molar-refractivity contribution in [1.82, 2.24) is 10.2 Å². The molecule has 1 fully saturated rings. The average molecular weight is 646 g/mol. The van der Waals surface area contributed by atoms with Crippen molar-refractivity contribution in [2.45, 2.75) is 79.2 Å². The molecule has 0 bridgehead atoms. The molecule has 4 rings (SSSR count). The maximum absolute atomic E-state index is 12.8. The van der Waals surface area contributed by atoms with Gasteiger partial charge in [0.1, 0.15) is 5.60 Å². The van der Waals surface area contributed by atoms with Gasteiger partial charge >= 0.3 is 6.09 Å². The van der Waals surface area contributed by atoms with Gasteiger partial charge in [-0.05, 0) is 45.4 Å². The summed E-state index contributed by atoms with van der Waals surface area (Å²) in [5.74, 6) is -0.716. The Hall–Kier alpha value is -2.43. The van der Waals surface area contributed by atoms with Gasteiger partial charge in [0.05, 0.1) is 33.0 Å². The Kier molecular flexibility index (Phi) is 20.9. The smallest absolute Gasteiger partial charge is 0.407 e. The van der Waals surface area contributed by atoms with E-state index >= 15 is 0 Å². The lowest BCUT2D eigenvalue weighted by Crippen LogP contribution is -2.42. The molecule has 1 saturated carbocycles. The third kappa shape index (κ3) is 14.3. The van der Waals surface area contributed by atoms with Crippen LogP contribution in [0.5, 0.6) is 0 Å². The number of alkyl carbamates (subject to hydrolysis) is 1. The Morgan fingerprint density at radius 3 is 1.98 bits per heavy atom. The number of hydrogen-bond donors (Lipinski definition) is 2. The zero-order valence-electron chi connectivity index (χ0n) is 26.5. The topological polar surface area (TPSA) is 114 Å². The van der Waals surface area contributed by atoms with E-state index in [-0.39, 0.29) is 37.4 Å². The van der Waals surface area contributed by atoms with Crippen molar-refractivity contribution >= 4 is 52.7 Å². The van der Waals surface area contributed by atoms with Gasteiger partial charge in [-0.1, -0.05) is 70.2 Å². The number of ether oxygens (including phenoxy) is 3. The van der Waals surface area contributed by atoms with Crippen molar-refractivity contribution in [3.63, 3.8) is 0 Å². The minimum atomic E-state index is -0.544. The first-order valence-electron chi connectivity index (χ1n) is 14.9. The zero-order chi connectivity index (χ0) is 31.5.